The van der Waals surface area contributed by atoms with Crippen LogP contribution in [0.4, 0.5) is 18.9 Å². The Hall–Kier alpha value is -2.50. The molecule has 1 aromatic heterocycles. The fourth-order valence-electron chi connectivity index (χ4n) is 3.41. The molecule has 0 atom stereocenters. The van der Waals surface area contributed by atoms with Gasteiger partial charge >= 0.3 is 0 Å². The zero-order valence-corrected chi connectivity index (χ0v) is 14.6. The summed E-state index contributed by atoms with van der Waals surface area (Å²) in [7, 11) is 1.74. The Balaban J connectivity index is 1.89. The highest BCUT2D eigenvalue weighted by Crippen LogP contribution is 2.37. The molecule has 3 rings (SSSR count). The standard InChI is InChI=1S/C20H21F3N2O/c1-3-18(26)24-15-10-16-14(12-25(2)19(16)17(21)11-15)5-4-13-6-8-20(22,23)9-7-13/h3-5,10-13H,1,6-9H2,2H3,(H,24,26). The number of nitrogens with one attached hydrogen (secondary N) is 1. The summed E-state index contributed by atoms with van der Waals surface area (Å²) in [4.78, 5) is 11.5. The van der Waals surface area contributed by atoms with Crippen molar-refractivity contribution in [3.05, 3.63) is 48.4 Å². The van der Waals surface area contributed by atoms with Gasteiger partial charge in [0, 0.05) is 37.2 Å². The van der Waals surface area contributed by atoms with Gasteiger partial charge in [0.25, 0.3) is 0 Å². The molecule has 1 amide bonds. The smallest absolute Gasteiger partial charge is 0.248 e. The van der Waals surface area contributed by atoms with Gasteiger partial charge in [0.05, 0.1) is 5.52 Å². The van der Waals surface area contributed by atoms with Gasteiger partial charge < -0.3 is 9.88 Å². The van der Waals surface area contributed by atoms with Crippen molar-refractivity contribution in [2.24, 2.45) is 13.0 Å². The normalized spacial score (nSPS) is 17.7. The number of nitrogens with zero attached hydrogens (tertiary/aromatic N) is 1. The van der Waals surface area contributed by atoms with Crippen LogP contribution in [0.5, 0.6) is 0 Å². The maximum absolute atomic E-state index is 14.5. The quantitative estimate of drug-likeness (QED) is 0.738. The molecular weight excluding hydrogens is 341 g/mol. The van der Waals surface area contributed by atoms with Crippen molar-refractivity contribution in [2.45, 2.75) is 31.6 Å². The number of carbonyl (C=O) groups excluding carboxylic acids is 1. The molecule has 1 N–H and O–H groups in total. The first-order chi connectivity index (χ1) is 12.3. The maximum atomic E-state index is 14.5. The number of halogens is 3. The van der Waals surface area contributed by atoms with E-state index in [0.717, 1.165) is 11.6 Å². The van der Waals surface area contributed by atoms with E-state index in [2.05, 4.69) is 11.9 Å². The van der Waals surface area contributed by atoms with E-state index in [1.165, 1.54) is 6.07 Å². The lowest BCUT2D eigenvalue weighted by Gasteiger charge is -2.26. The number of allylic oxidation sites excluding steroid dienone is 1. The Bertz CT molecular complexity index is 873. The number of alkyl halides is 2. The first-order valence-electron chi connectivity index (χ1n) is 8.57. The molecule has 1 aliphatic rings. The summed E-state index contributed by atoms with van der Waals surface area (Å²) in [6.07, 6.45) is 7.40. The van der Waals surface area contributed by atoms with E-state index in [1.54, 1.807) is 23.9 Å². The summed E-state index contributed by atoms with van der Waals surface area (Å²) in [5.74, 6) is -3.31. The van der Waals surface area contributed by atoms with Crippen LogP contribution in [0, 0.1) is 11.7 Å². The topological polar surface area (TPSA) is 34.0 Å². The minimum atomic E-state index is -2.55. The number of anilines is 1. The number of carbonyl (C=O) groups is 1. The molecule has 0 unspecified atom stereocenters. The summed E-state index contributed by atoms with van der Waals surface area (Å²) < 4.78 is 42.7. The lowest BCUT2D eigenvalue weighted by molar-refractivity contribution is -0.111. The van der Waals surface area contributed by atoms with Crippen molar-refractivity contribution in [1.82, 2.24) is 4.57 Å². The van der Waals surface area contributed by atoms with E-state index in [9.17, 15) is 18.0 Å². The second-order valence-corrected chi connectivity index (χ2v) is 6.80. The van der Waals surface area contributed by atoms with Crippen LogP contribution < -0.4 is 5.32 Å². The number of fused-ring (bicyclic) bond motifs is 1. The largest absolute Gasteiger partial charge is 0.348 e. The van der Waals surface area contributed by atoms with Crippen LogP contribution in [0.15, 0.2) is 37.1 Å². The molecule has 1 aliphatic carbocycles. The van der Waals surface area contributed by atoms with E-state index in [4.69, 9.17) is 0 Å². The first-order valence-corrected chi connectivity index (χ1v) is 8.57. The van der Waals surface area contributed by atoms with E-state index in [0.29, 0.717) is 29.4 Å². The molecule has 6 heteroatoms. The number of amides is 1. The van der Waals surface area contributed by atoms with Crippen molar-refractivity contribution < 1.29 is 18.0 Å². The minimum Gasteiger partial charge on any atom is -0.348 e. The van der Waals surface area contributed by atoms with Crippen molar-refractivity contribution in [1.29, 1.82) is 0 Å². The van der Waals surface area contributed by atoms with Crippen LogP contribution in [0.25, 0.3) is 17.0 Å². The number of hydrogen-bond acceptors (Lipinski definition) is 1. The van der Waals surface area contributed by atoms with Crippen LogP contribution in [-0.2, 0) is 11.8 Å². The number of hydrogen-bond donors (Lipinski definition) is 1. The molecule has 0 radical (unpaired) electrons. The molecule has 0 spiro atoms. The maximum Gasteiger partial charge on any atom is 0.248 e. The van der Waals surface area contributed by atoms with Gasteiger partial charge in [-0.2, -0.15) is 0 Å². The molecule has 26 heavy (non-hydrogen) atoms. The Kier molecular flexibility index (Phi) is 4.94. The number of aromatic nitrogens is 1. The summed E-state index contributed by atoms with van der Waals surface area (Å²) in [6, 6.07) is 2.97. The molecule has 1 fully saturated rings. The third-order valence-corrected chi connectivity index (χ3v) is 4.82. The molecule has 1 aromatic carbocycles. The van der Waals surface area contributed by atoms with Crippen molar-refractivity contribution in [3.8, 4) is 0 Å². The Labute approximate surface area is 150 Å². The molecule has 0 saturated heterocycles. The van der Waals surface area contributed by atoms with Crippen molar-refractivity contribution in [3.63, 3.8) is 0 Å². The van der Waals surface area contributed by atoms with Gasteiger partial charge in [0.15, 0.2) is 0 Å². The van der Waals surface area contributed by atoms with E-state index >= 15 is 0 Å². The first kappa shape index (κ1) is 18.3. The highest BCUT2D eigenvalue weighted by atomic mass is 19.3. The summed E-state index contributed by atoms with van der Waals surface area (Å²) in [5, 5.41) is 3.22. The molecule has 1 heterocycles. The molecule has 3 nitrogen and oxygen atoms in total. The van der Waals surface area contributed by atoms with Gasteiger partial charge in [0.1, 0.15) is 5.82 Å². The second-order valence-electron chi connectivity index (χ2n) is 6.80. The van der Waals surface area contributed by atoms with Crippen molar-refractivity contribution >= 4 is 28.6 Å². The highest BCUT2D eigenvalue weighted by Gasteiger charge is 2.33. The van der Waals surface area contributed by atoms with Gasteiger partial charge in [0.2, 0.25) is 11.8 Å². The van der Waals surface area contributed by atoms with Gasteiger partial charge in [-0.1, -0.05) is 18.7 Å². The zero-order chi connectivity index (χ0) is 18.9. The molecular formula is C20H21F3N2O. The minimum absolute atomic E-state index is 0.0933. The fraction of sp³-hybridized carbons (Fsp3) is 0.350. The van der Waals surface area contributed by atoms with Crippen LogP contribution in [-0.4, -0.2) is 16.4 Å². The number of rotatable bonds is 4. The summed E-state index contributed by atoms with van der Waals surface area (Å²) >= 11 is 0. The Morgan fingerprint density at radius 2 is 2.04 bits per heavy atom. The van der Waals surface area contributed by atoms with Crippen LogP contribution >= 0.6 is 0 Å². The third kappa shape index (κ3) is 3.84. The monoisotopic (exact) mass is 362 g/mol. The van der Waals surface area contributed by atoms with Crippen molar-refractivity contribution in [2.75, 3.05) is 5.32 Å². The number of benzene rings is 1. The molecule has 0 bridgehead atoms. The van der Waals surface area contributed by atoms with Gasteiger partial charge in [-0.25, -0.2) is 13.2 Å². The molecule has 2 aromatic rings. The zero-order valence-electron chi connectivity index (χ0n) is 14.6. The Morgan fingerprint density at radius 1 is 1.35 bits per heavy atom. The van der Waals surface area contributed by atoms with E-state index in [-0.39, 0.29) is 18.8 Å². The van der Waals surface area contributed by atoms with E-state index < -0.39 is 17.6 Å². The van der Waals surface area contributed by atoms with Crippen LogP contribution in [0.1, 0.15) is 31.2 Å². The van der Waals surface area contributed by atoms with Gasteiger partial charge in [-0.3, -0.25) is 4.79 Å². The SMILES string of the molecule is C=CC(=O)Nc1cc(F)c2c(c1)c(C=CC1CCC(F)(F)CC1)cn2C. The predicted octanol–water partition coefficient (Wildman–Crippen LogP) is 5.28. The predicted molar refractivity (Wildman–Crippen MR) is 97.6 cm³/mol. The lowest BCUT2D eigenvalue weighted by Crippen LogP contribution is -2.23. The highest BCUT2D eigenvalue weighted by molar-refractivity contribution is 6.01. The van der Waals surface area contributed by atoms with Crippen LogP contribution in [0.3, 0.4) is 0 Å². The van der Waals surface area contributed by atoms with E-state index in [1.807, 2.05) is 12.2 Å². The second kappa shape index (κ2) is 7.02. The van der Waals surface area contributed by atoms with Crippen LogP contribution in [0.2, 0.25) is 0 Å². The van der Waals surface area contributed by atoms with Gasteiger partial charge in [-0.15, -0.1) is 0 Å². The molecule has 1 saturated carbocycles. The average Bonchev–Trinajstić information content (AvgIpc) is 2.90. The molecule has 138 valence electrons. The summed E-state index contributed by atoms with van der Waals surface area (Å²) in [6.45, 7) is 3.38. The third-order valence-electron chi connectivity index (χ3n) is 4.82. The summed E-state index contributed by atoms with van der Waals surface area (Å²) in [5.41, 5.74) is 1.56. The Morgan fingerprint density at radius 3 is 2.69 bits per heavy atom. The van der Waals surface area contributed by atoms with Gasteiger partial charge in [-0.05, 0) is 42.5 Å². The molecule has 0 aliphatic heterocycles. The average molecular weight is 362 g/mol. The lowest BCUT2D eigenvalue weighted by atomic mass is 9.86. The fourth-order valence-corrected chi connectivity index (χ4v) is 3.41. The number of aryl methyl sites for hydroxylation is 1.